The zero-order valence-electron chi connectivity index (χ0n) is 15.0. The molecule has 1 aromatic carbocycles. The lowest BCUT2D eigenvalue weighted by atomic mass is 10.1. The molecule has 1 unspecified atom stereocenters. The summed E-state index contributed by atoms with van der Waals surface area (Å²) in [5.74, 6) is -0.214. The maximum absolute atomic E-state index is 13.2. The van der Waals surface area contributed by atoms with Gasteiger partial charge in [0.1, 0.15) is 5.69 Å². The third-order valence-electron chi connectivity index (χ3n) is 4.73. The summed E-state index contributed by atoms with van der Waals surface area (Å²) >= 11 is 0. The van der Waals surface area contributed by atoms with Crippen molar-refractivity contribution in [3.63, 3.8) is 0 Å². The van der Waals surface area contributed by atoms with Crippen LogP contribution in [0.3, 0.4) is 0 Å². The van der Waals surface area contributed by atoms with E-state index in [1.165, 1.54) is 16.8 Å². The molecule has 1 aliphatic heterocycles. The van der Waals surface area contributed by atoms with Crippen molar-refractivity contribution in [2.24, 2.45) is 7.05 Å². The van der Waals surface area contributed by atoms with E-state index in [0.29, 0.717) is 25.4 Å². The fraction of sp³-hybridized carbons (Fsp3) is 0.250. The van der Waals surface area contributed by atoms with Gasteiger partial charge in [-0.15, -0.1) is 0 Å². The van der Waals surface area contributed by atoms with E-state index in [1.54, 1.807) is 17.0 Å². The van der Waals surface area contributed by atoms with Crippen molar-refractivity contribution in [2.45, 2.75) is 6.04 Å². The highest BCUT2D eigenvalue weighted by Crippen LogP contribution is 2.25. The molecule has 7 heteroatoms. The van der Waals surface area contributed by atoms with Crippen LogP contribution in [-0.4, -0.2) is 44.9 Å². The first kappa shape index (κ1) is 17.2. The van der Waals surface area contributed by atoms with E-state index < -0.39 is 0 Å². The van der Waals surface area contributed by atoms with Crippen LogP contribution in [0.25, 0.3) is 5.69 Å². The zero-order chi connectivity index (χ0) is 18.8. The van der Waals surface area contributed by atoms with E-state index in [0.717, 1.165) is 5.69 Å². The van der Waals surface area contributed by atoms with Gasteiger partial charge in [-0.3, -0.25) is 9.59 Å². The van der Waals surface area contributed by atoms with E-state index in [-0.39, 0.29) is 23.2 Å². The molecular weight excluding hydrogens is 344 g/mol. The second-order valence-corrected chi connectivity index (χ2v) is 6.44. The molecule has 0 aliphatic carbocycles. The molecule has 1 atom stereocenters. The van der Waals surface area contributed by atoms with Gasteiger partial charge in [-0.05, 0) is 30.3 Å². The Morgan fingerprint density at radius 3 is 2.67 bits per heavy atom. The largest absolute Gasteiger partial charge is 0.377 e. The Morgan fingerprint density at radius 1 is 1.11 bits per heavy atom. The predicted molar refractivity (Wildman–Crippen MR) is 99.8 cm³/mol. The van der Waals surface area contributed by atoms with Crippen LogP contribution in [0.4, 0.5) is 0 Å². The van der Waals surface area contributed by atoms with Gasteiger partial charge >= 0.3 is 0 Å². The number of para-hydroxylation sites is 1. The van der Waals surface area contributed by atoms with Crippen LogP contribution < -0.4 is 5.56 Å². The van der Waals surface area contributed by atoms with Gasteiger partial charge in [0.2, 0.25) is 0 Å². The van der Waals surface area contributed by atoms with Crippen molar-refractivity contribution in [3.05, 3.63) is 82.5 Å². The third-order valence-corrected chi connectivity index (χ3v) is 4.73. The van der Waals surface area contributed by atoms with Crippen LogP contribution in [0, 0.1) is 0 Å². The minimum atomic E-state index is -0.279. The Balaban J connectivity index is 1.69. The van der Waals surface area contributed by atoms with Gasteiger partial charge in [-0.2, -0.15) is 9.78 Å². The first-order valence-electron chi connectivity index (χ1n) is 8.81. The second-order valence-electron chi connectivity index (χ2n) is 6.44. The van der Waals surface area contributed by atoms with E-state index >= 15 is 0 Å². The number of hydrogen-bond acceptors (Lipinski definition) is 4. The van der Waals surface area contributed by atoms with Gasteiger partial charge in [0.15, 0.2) is 0 Å². The summed E-state index contributed by atoms with van der Waals surface area (Å²) in [6.07, 6.45) is 1.94. The molecule has 3 aromatic rings. The number of aryl methyl sites for hydroxylation is 1. The van der Waals surface area contributed by atoms with Crippen molar-refractivity contribution >= 4 is 5.91 Å². The SMILES string of the molecule is Cn1cccc1C1COCCN1C(=O)c1ccc(=O)n(-c2ccccc2)n1. The monoisotopic (exact) mass is 364 g/mol. The average Bonchev–Trinajstić information content (AvgIpc) is 3.14. The number of rotatable bonds is 3. The van der Waals surface area contributed by atoms with Gasteiger partial charge in [0.25, 0.3) is 11.5 Å². The molecule has 4 rings (SSSR count). The highest BCUT2D eigenvalue weighted by molar-refractivity contribution is 5.92. The molecule has 1 aliphatic rings. The molecule has 138 valence electrons. The Hall–Kier alpha value is -3.19. The molecule has 0 radical (unpaired) electrons. The van der Waals surface area contributed by atoms with Crippen LogP contribution in [0.2, 0.25) is 0 Å². The van der Waals surface area contributed by atoms with Crippen LogP contribution in [0.5, 0.6) is 0 Å². The zero-order valence-corrected chi connectivity index (χ0v) is 15.0. The third kappa shape index (κ3) is 3.29. The van der Waals surface area contributed by atoms with Gasteiger partial charge < -0.3 is 14.2 Å². The average molecular weight is 364 g/mol. The second kappa shape index (κ2) is 7.20. The molecule has 7 nitrogen and oxygen atoms in total. The number of benzene rings is 1. The van der Waals surface area contributed by atoms with Crippen LogP contribution in [0.15, 0.2) is 65.6 Å². The van der Waals surface area contributed by atoms with Crippen molar-refractivity contribution in [1.29, 1.82) is 0 Å². The summed E-state index contributed by atoms with van der Waals surface area (Å²) in [7, 11) is 1.94. The Labute approximate surface area is 156 Å². The van der Waals surface area contributed by atoms with Crippen LogP contribution >= 0.6 is 0 Å². The maximum atomic E-state index is 13.2. The number of nitrogens with zero attached hydrogens (tertiary/aromatic N) is 4. The number of hydrogen-bond donors (Lipinski definition) is 0. The summed E-state index contributed by atoms with van der Waals surface area (Å²) in [5, 5.41) is 4.32. The number of ether oxygens (including phenoxy) is 1. The lowest BCUT2D eigenvalue weighted by Crippen LogP contribution is -2.44. The minimum Gasteiger partial charge on any atom is -0.377 e. The van der Waals surface area contributed by atoms with Crippen LogP contribution in [-0.2, 0) is 11.8 Å². The first-order valence-corrected chi connectivity index (χ1v) is 8.81. The molecule has 27 heavy (non-hydrogen) atoms. The number of aromatic nitrogens is 3. The van der Waals surface area contributed by atoms with Gasteiger partial charge in [0.05, 0.1) is 24.9 Å². The normalized spacial score (nSPS) is 17.1. The van der Waals surface area contributed by atoms with Crippen LogP contribution in [0.1, 0.15) is 22.2 Å². The summed E-state index contributed by atoms with van der Waals surface area (Å²) in [6, 6.07) is 15.7. The molecule has 0 spiro atoms. The highest BCUT2D eigenvalue weighted by Gasteiger charge is 2.31. The highest BCUT2D eigenvalue weighted by atomic mass is 16.5. The predicted octanol–water partition coefficient (Wildman–Crippen LogP) is 1.78. The van der Waals surface area contributed by atoms with E-state index in [9.17, 15) is 9.59 Å². The number of amides is 1. The number of carbonyl (C=O) groups is 1. The molecule has 1 fully saturated rings. The van der Waals surface area contributed by atoms with Gasteiger partial charge in [-0.1, -0.05) is 18.2 Å². The van der Waals surface area contributed by atoms with E-state index in [4.69, 9.17) is 4.74 Å². The molecular formula is C20H20N4O3. The molecule has 0 N–H and O–H groups in total. The van der Waals surface area contributed by atoms with Crippen molar-refractivity contribution in [1.82, 2.24) is 19.2 Å². The summed E-state index contributed by atoms with van der Waals surface area (Å²) in [5.41, 5.74) is 1.58. The standard InChI is InChI=1S/C20H20N4O3/c1-22-11-5-8-17(22)18-14-27-13-12-23(18)20(26)16-9-10-19(25)24(21-16)15-6-3-2-4-7-15/h2-11,18H,12-14H2,1H3. The molecule has 2 aromatic heterocycles. The molecule has 1 amide bonds. The Morgan fingerprint density at radius 2 is 1.93 bits per heavy atom. The molecule has 0 bridgehead atoms. The Bertz CT molecular complexity index is 1010. The van der Waals surface area contributed by atoms with E-state index in [2.05, 4.69) is 5.10 Å². The van der Waals surface area contributed by atoms with Crippen molar-refractivity contribution in [3.8, 4) is 5.69 Å². The minimum absolute atomic E-state index is 0.190. The van der Waals surface area contributed by atoms with Gasteiger partial charge in [-0.25, -0.2) is 0 Å². The van der Waals surface area contributed by atoms with Crippen molar-refractivity contribution in [2.75, 3.05) is 19.8 Å². The molecule has 1 saturated heterocycles. The van der Waals surface area contributed by atoms with Gasteiger partial charge in [0, 0.05) is 31.5 Å². The first-order chi connectivity index (χ1) is 13.1. The summed E-state index contributed by atoms with van der Waals surface area (Å²) in [4.78, 5) is 27.2. The fourth-order valence-electron chi connectivity index (χ4n) is 3.34. The fourth-order valence-corrected chi connectivity index (χ4v) is 3.34. The molecule has 0 saturated carbocycles. The summed E-state index contributed by atoms with van der Waals surface area (Å²) in [6.45, 7) is 1.38. The molecule has 3 heterocycles. The number of carbonyl (C=O) groups excluding carboxylic acids is 1. The summed E-state index contributed by atoms with van der Waals surface area (Å²) < 4.78 is 8.85. The Kier molecular flexibility index (Phi) is 4.60. The lowest BCUT2D eigenvalue weighted by Gasteiger charge is -2.35. The maximum Gasteiger partial charge on any atom is 0.275 e. The topological polar surface area (TPSA) is 69.4 Å². The van der Waals surface area contributed by atoms with E-state index in [1.807, 2.05) is 48.1 Å². The smallest absolute Gasteiger partial charge is 0.275 e. The number of morpholine rings is 1. The quantitative estimate of drug-likeness (QED) is 0.710. The lowest BCUT2D eigenvalue weighted by molar-refractivity contribution is -0.00503. The van der Waals surface area contributed by atoms with Crippen molar-refractivity contribution < 1.29 is 9.53 Å².